The Hall–Kier alpha value is -3.19. The van der Waals surface area contributed by atoms with Gasteiger partial charge in [0.05, 0.1) is 10.9 Å². The van der Waals surface area contributed by atoms with Gasteiger partial charge in [0.25, 0.3) is 5.91 Å². The van der Waals surface area contributed by atoms with Crippen LogP contribution in [-0.2, 0) is 0 Å². The summed E-state index contributed by atoms with van der Waals surface area (Å²) in [5.74, 6) is -0.00811. The second kappa shape index (κ2) is 5.78. The number of thiophene rings is 1. The largest absolute Gasteiger partial charge is 0.507 e. The van der Waals surface area contributed by atoms with Gasteiger partial charge in [-0.25, -0.2) is 9.97 Å². The third-order valence-electron chi connectivity index (χ3n) is 3.62. The van der Waals surface area contributed by atoms with E-state index >= 15 is 0 Å². The minimum absolute atomic E-state index is 0.0781. The van der Waals surface area contributed by atoms with Gasteiger partial charge in [-0.05, 0) is 18.2 Å². The minimum atomic E-state index is -0.445. The van der Waals surface area contributed by atoms with E-state index in [1.54, 1.807) is 29.5 Å². The number of nitrogens with one attached hydrogen (secondary N) is 2. The van der Waals surface area contributed by atoms with Crippen LogP contribution in [0.3, 0.4) is 0 Å². The van der Waals surface area contributed by atoms with Crippen molar-refractivity contribution < 1.29 is 9.90 Å². The first-order valence-electron chi connectivity index (χ1n) is 7.20. The van der Waals surface area contributed by atoms with E-state index in [-0.39, 0.29) is 11.3 Å². The molecule has 24 heavy (non-hydrogen) atoms. The molecule has 2 aromatic carbocycles. The van der Waals surface area contributed by atoms with Gasteiger partial charge in [-0.3, -0.25) is 15.6 Å². The van der Waals surface area contributed by atoms with Crippen LogP contribution in [0.15, 0.2) is 54.9 Å². The number of carbonyl (C=O) groups excluding carboxylic acids is 1. The van der Waals surface area contributed by atoms with E-state index in [9.17, 15) is 9.90 Å². The lowest BCUT2D eigenvalue weighted by Gasteiger charge is -2.09. The number of amides is 1. The lowest BCUT2D eigenvalue weighted by atomic mass is 10.2. The molecule has 0 radical (unpaired) electrons. The predicted octanol–water partition coefficient (Wildman–Crippen LogP) is 3.31. The number of carbonyl (C=O) groups is 1. The number of rotatable bonds is 3. The molecule has 0 aliphatic heterocycles. The molecule has 118 valence electrons. The Labute approximate surface area is 140 Å². The van der Waals surface area contributed by atoms with Gasteiger partial charge >= 0.3 is 0 Å². The number of benzene rings is 2. The SMILES string of the molecule is O=C(NNc1ncnc2sc3ccccc3c12)c1ccccc1O. The fourth-order valence-electron chi connectivity index (χ4n) is 2.50. The Bertz CT molecular complexity index is 1060. The molecule has 2 aromatic heterocycles. The van der Waals surface area contributed by atoms with Crippen molar-refractivity contribution in [3.05, 3.63) is 60.4 Å². The molecule has 3 N–H and O–H groups in total. The molecule has 0 bridgehead atoms. The molecule has 0 saturated heterocycles. The summed E-state index contributed by atoms with van der Waals surface area (Å²) in [5.41, 5.74) is 5.59. The van der Waals surface area contributed by atoms with E-state index in [1.165, 1.54) is 12.4 Å². The zero-order valence-electron chi connectivity index (χ0n) is 12.4. The molecule has 0 unspecified atom stereocenters. The first kappa shape index (κ1) is 14.4. The Balaban J connectivity index is 1.68. The van der Waals surface area contributed by atoms with Crippen LogP contribution in [-0.4, -0.2) is 21.0 Å². The molecular weight excluding hydrogens is 324 g/mol. The highest BCUT2D eigenvalue weighted by Crippen LogP contribution is 2.35. The predicted molar refractivity (Wildman–Crippen MR) is 94.1 cm³/mol. The molecule has 1 amide bonds. The molecule has 4 aromatic rings. The molecule has 0 aliphatic carbocycles. The summed E-state index contributed by atoms with van der Waals surface area (Å²) >= 11 is 1.57. The number of hydrogen-bond donors (Lipinski definition) is 3. The van der Waals surface area contributed by atoms with Gasteiger partial charge in [0.1, 0.15) is 16.9 Å². The van der Waals surface area contributed by atoms with Gasteiger partial charge in [-0.15, -0.1) is 11.3 Å². The summed E-state index contributed by atoms with van der Waals surface area (Å²) < 4.78 is 1.10. The average Bonchev–Trinajstić information content (AvgIpc) is 2.99. The van der Waals surface area contributed by atoms with Crippen LogP contribution in [0.25, 0.3) is 20.3 Å². The van der Waals surface area contributed by atoms with Crippen molar-refractivity contribution in [1.29, 1.82) is 0 Å². The minimum Gasteiger partial charge on any atom is -0.507 e. The number of nitrogens with zero attached hydrogens (tertiary/aromatic N) is 2. The number of phenolic OH excluding ortho intramolecular Hbond substituents is 1. The monoisotopic (exact) mass is 336 g/mol. The Morgan fingerprint density at radius 2 is 1.83 bits per heavy atom. The second-order valence-electron chi connectivity index (χ2n) is 5.10. The van der Waals surface area contributed by atoms with E-state index < -0.39 is 5.91 Å². The number of fused-ring (bicyclic) bond motifs is 3. The van der Waals surface area contributed by atoms with E-state index in [0.717, 1.165) is 20.3 Å². The van der Waals surface area contributed by atoms with Crippen LogP contribution in [0.2, 0.25) is 0 Å². The highest BCUT2D eigenvalue weighted by atomic mass is 32.1. The van der Waals surface area contributed by atoms with Crippen molar-refractivity contribution in [1.82, 2.24) is 15.4 Å². The fraction of sp³-hybridized carbons (Fsp3) is 0. The summed E-state index contributed by atoms with van der Waals surface area (Å²) in [6, 6.07) is 14.3. The zero-order chi connectivity index (χ0) is 16.5. The molecule has 0 spiro atoms. The molecule has 4 rings (SSSR count). The summed E-state index contributed by atoms with van der Waals surface area (Å²) in [5, 5.41) is 11.6. The van der Waals surface area contributed by atoms with Crippen LogP contribution < -0.4 is 10.9 Å². The topological polar surface area (TPSA) is 87.1 Å². The van der Waals surface area contributed by atoms with E-state index in [2.05, 4.69) is 20.8 Å². The van der Waals surface area contributed by atoms with E-state index in [4.69, 9.17) is 0 Å². The Morgan fingerprint density at radius 3 is 2.71 bits per heavy atom. The van der Waals surface area contributed by atoms with Crippen LogP contribution in [0.1, 0.15) is 10.4 Å². The molecule has 7 heteroatoms. The Kier molecular flexibility index (Phi) is 3.47. The van der Waals surface area contributed by atoms with Crippen LogP contribution in [0.4, 0.5) is 5.82 Å². The molecule has 0 saturated carbocycles. The maximum Gasteiger partial charge on any atom is 0.273 e. The lowest BCUT2D eigenvalue weighted by Crippen LogP contribution is -2.29. The number of hydrogen-bond acceptors (Lipinski definition) is 6. The third kappa shape index (κ3) is 2.40. The summed E-state index contributed by atoms with van der Waals surface area (Å²) in [6.45, 7) is 0. The number of aromatic hydroxyl groups is 1. The molecule has 2 heterocycles. The standard InChI is InChI=1S/C17H12N4O2S/c22-12-7-3-1-5-10(12)16(23)21-20-15-14-11-6-2-4-8-13(11)24-17(14)19-9-18-15/h1-9,22H,(H,21,23)(H,18,19,20). The van der Waals surface area contributed by atoms with Crippen molar-refractivity contribution in [2.75, 3.05) is 5.43 Å². The third-order valence-corrected chi connectivity index (χ3v) is 4.70. The Morgan fingerprint density at radius 1 is 1.04 bits per heavy atom. The number of aromatic nitrogens is 2. The van der Waals surface area contributed by atoms with Gasteiger partial charge in [0.2, 0.25) is 0 Å². The first-order valence-corrected chi connectivity index (χ1v) is 8.02. The normalized spacial score (nSPS) is 10.8. The number of phenols is 1. The second-order valence-corrected chi connectivity index (χ2v) is 6.13. The maximum absolute atomic E-state index is 12.2. The summed E-state index contributed by atoms with van der Waals surface area (Å²) in [4.78, 5) is 21.6. The lowest BCUT2D eigenvalue weighted by molar-refractivity contribution is 0.0960. The van der Waals surface area contributed by atoms with Gasteiger partial charge in [0, 0.05) is 10.1 Å². The molecular formula is C17H12N4O2S. The highest BCUT2D eigenvalue weighted by molar-refractivity contribution is 7.25. The number of hydrazine groups is 1. The molecule has 0 aliphatic rings. The maximum atomic E-state index is 12.2. The smallest absolute Gasteiger partial charge is 0.273 e. The van der Waals surface area contributed by atoms with Crippen molar-refractivity contribution >= 4 is 43.4 Å². The summed E-state index contributed by atoms with van der Waals surface area (Å²) in [7, 11) is 0. The molecule has 6 nitrogen and oxygen atoms in total. The molecule has 0 atom stereocenters. The number of para-hydroxylation sites is 1. The quantitative estimate of drug-likeness (QED) is 0.500. The van der Waals surface area contributed by atoms with Gasteiger partial charge in [0.15, 0.2) is 5.82 Å². The van der Waals surface area contributed by atoms with Crippen LogP contribution >= 0.6 is 11.3 Å². The van der Waals surface area contributed by atoms with Crippen LogP contribution in [0, 0.1) is 0 Å². The molecule has 0 fully saturated rings. The van der Waals surface area contributed by atoms with Crippen LogP contribution in [0.5, 0.6) is 5.75 Å². The van der Waals surface area contributed by atoms with Crippen molar-refractivity contribution in [2.45, 2.75) is 0 Å². The zero-order valence-corrected chi connectivity index (χ0v) is 13.2. The average molecular weight is 336 g/mol. The van der Waals surface area contributed by atoms with E-state index in [0.29, 0.717) is 5.82 Å². The fourth-order valence-corrected chi connectivity index (χ4v) is 3.54. The van der Waals surface area contributed by atoms with Crippen molar-refractivity contribution in [3.63, 3.8) is 0 Å². The van der Waals surface area contributed by atoms with E-state index in [1.807, 2.05) is 24.3 Å². The summed E-state index contributed by atoms with van der Waals surface area (Å²) in [6.07, 6.45) is 1.45. The van der Waals surface area contributed by atoms with Crippen molar-refractivity contribution in [3.8, 4) is 5.75 Å². The highest BCUT2D eigenvalue weighted by Gasteiger charge is 2.13. The number of anilines is 1. The first-order chi connectivity index (χ1) is 11.7. The van der Waals surface area contributed by atoms with Gasteiger partial charge in [-0.1, -0.05) is 30.3 Å². The van der Waals surface area contributed by atoms with Gasteiger partial charge < -0.3 is 5.11 Å². The van der Waals surface area contributed by atoms with Gasteiger partial charge in [-0.2, -0.15) is 0 Å². The van der Waals surface area contributed by atoms with Crippen molar-refractivity contribution in [2.24, 2.45) is 0 Å².